The van der Waals surface area contributed by atoms with E-state index in [0.717, 1.165) is 27.7 Å². The number of urea groups is 1. The van der Waals surface area contributed by atoms with Gasteiger partial charge in [-0.2, -0.15) is 0 Å². The number of H-pyrrole nitrogens is 1. The molecule has 2 N–H and O–H groups in total. The summed E-state index contributed by atoms with van der Waals surface area (Å²) < 4.78 is 18.8. The summed E-state index contributed by atoms with van der Waals surface area (Å²) in [4.78, 5) is 18.6. The minimum Gasteiger partial charge on any atom is -0.497 e. The summed E-state index contributed by atoms with van der Waals surface area (Å²) in [7, 11) is 1.60. The van der Waals surface area contributed by atoms with E-state index in [9.17, 15) is 9.18 Å². The number of ether oxygens (including phenoxy) is 1. The fraction of sp³-hybridized carbons (Fsp3) is 0.160. The van der Waals surface area contributed by atoms with Crippen LogP contribution in [0.2, 0.25) is 5.02 Å². The van der Waals surface area contributed by atoms with E-state index >= 15 is 0 Å². The van der Waals surface area contributed by atoms with Gasteiger partial charge >= 0.3 is 6.03 Å². The van der Waals surface area contributed by atoms with Crippen LogP contribution in [-0.4, -0.2) is 29.6 Å². The molecule has 2 amide bonds. The highest BCUT2D eigenvalue weighted by molar-refractivity contribution is 6.31. The Labute approximate surface area is 189 Å². The zero-order valence-corrected chi connectivity index (χ0v) is 18.1. The molecule has 162 valence electrons. The molecule has 0 spiro atoms. The van der Waals surface area contributed by atoms with E-state index in [2.05, 4.69) is 10.3 Å². The van der Waals surface area contributed by atoms with Gasteiger partial charge < -0.3 is 19.9 Å². The zero-order chi connectivity index (χ0) is 22.2. The summed E-state index contributed by atoms with van der Waals surface area (Å²) in [5.74, 6) is 0.397. The lowest BCUT2D eigenvalue weighted by Crippen LogP contribution is -2.43. The van der Waals surface area contributed by atoms with Crippen LogP contribution in [-0.2, 0) is 6.42 Å². The van der Waals surface area contributed by atoms with E-state index in [1.54, 1.807) is 48.4 Å². The molecule has 0 radical (unpaired) electrons. The first kappa shape index (κ1) is 20.4. The lowest BCUT2D eigenvalue weighted by Gasteiger charge is -2.36. The third-order valence-electron chi connectivity index (χ3n) is 5.88. The van der Waals surface area contributed by atoms with Crippen molar-refractivity contribution < 1.29 is 13.9 Å². The van der Waals surface area contributed by atoms with Gasteiger partial charge in [0.05, 0.1) is 13.2 Å². The maximum Gasteiger partial charge on any atom is 0.322 e. The molecule has 1 aliphatic rings. The van der Waals surface area contributed by atoms with Crippen molar-refractivity contribution in [3.63, 3.8) is 0 Å². The number of methoxy groups -OCH3 is 1. The van der Waals surface area contributed by atoms with E-state index < -0.39 is 0 Å². The molecule has 0 bridgehead atoms. The number of aromatic amines is 1. The van der Waals surface area contributed by atoms with E-state index in [1.807, 2.05) is 18.2 Å². The number of amides is 2. The Kier molecular flexibility index (Phi) is 5.23. The van der Waals surface area contributed by atoms with Gasteiger partial charge in [0.2, 0.25) is 0 Å². The van der Waals surface area contributed by atoms with Crippen molar-refractivity contribution in [1.82, 2.24) is 9.88 Å². The number of aromatic nitrogens is 1. The average molecular weight is 450 g/mol. The molecule has 0 fully saturated rings. The number of fused-ring (bicyclic) bond motifs is 3. The number of benzene rings is 3. The Morgan fingerprint density at radius 2 is 1.88 bits per heavy atom. The Hall–Kier alpha value is -3.51. The SMILES string of the molecule is COc1ccc(NC(=O)N2CCc3c([nH]c4ccc(Cl)cc34)[C@H]2c2ccc(F)cc2)cc1. The van der Waals surface area contributed by atoms with Crippen molar-refractivity contribution in [2.75, 3.05) is 19.0 Å². The minimum absolute atomic E-state index is 0.230. The number of carbonyl (C=O) groups excluding carboxylic acids is 1. The molecule has 0 saturated carbocycles. The van der Waals surface area contributed by atoms with Crippen LogP contribution in [0.4, 0.5) is 14.9 Å². The normalized spacial score (nSPS) is 15.5. The molecule has 1 aliphatic heterocycles. The highest BCUT2D eigenvalue weighted by atomic mass is 35.5. The number of hydrogen-bond donors (Lipinski definition) is 2. The van der Waals surface area contributed by atoms with Crippen LogP contribution in [0.25, 0.3) is 10.9 Å². The van der Waals surface area contributed by atoms with Crippen molar-refractivity contribution in [3.05, 3.63) is 94.4 Å². The summed E-state index contributed by atoms with van der Waals surface area (Å²) in [5, 5.41) is 4.69. The minimum atomic E-state index is -0.385. The van der Waals surface area contributed by atoms with Gasteiger partial charge in [-0.15, -0.1) is 0 Å². The van der Waals surface area contributed by atoms with Gasteiger partial charge in [-0.05, 0) is 72.1 Å². The maximum absolute atomic E-state index is 13.6. The van der Waals surface area contributed by atoms with Crippen molar-refractivity contribution in [1.29, 1.82) is 0 Å². The quantitative estimate of drug-likeness (QED) is 0.394. The number of rotatable bonds is 3. The number of nitrogens with one attached hydrogen (secondary N) is 2. The monoisotopic (exact) mass is 449 g/mol. The lowest BCUT2D eigenvalue weighted by atomic mass is 9.92. The van der Waals surface area contributed by atoms with Crippen molar-refractivity contribution in [2.45, 2.75) is 12.5 Å². The second-order valence-corrected chi connectivity index (χ2v) is 8.20. The summed E-state index contributed by atoms with van der Waals surface area (Å²) in [6.07, 6.45) is 0.684. The summed E-state index contributed by atoms with van der Waals surface area (Å²) >= 11 is 6.24. The third-order valence-corrected chi connectivity index (χ3v) is 6.11. The first-order valence-corrected chi connectivity index (χ1v) is 10.7. The fourth-order valence-electron chi connectivity index (χ4n) is 4.34. The molecular weight excluding hydrogens is 429 g/mol. The van der Waals surface area contributed by atoms with E-state index in [-0.39, 0.29) is 17.9 Å². The predicted octanol–water partition coefficient (Wildman–Crippen LogP) is 6.15. The van der Waals surface area contributed by atoms with Crippen molar-refractivity contribution >= 4 is 34.2 Å². The fourth-order valence-corrected chi connectivity index (χ4v) is 4.51. The third kappa shape index (κ3) is 3.67. The van der Waals surface area contributed by atoms with Gasteiger partial charge in [-0.25, -0.2) is 9.18 Å². The molecule has 1 atom stereocenters. The van der Waals surface area contributed by atoms with Gasteiger partial charge in [0.15, 0.2) is 0 Å². The summed E-state index contributed by atoms with van der Waals surface area (Å²) in [5.41, 5.74) is 4.51. The highest BCUT2D eigenvalue weighted by Gasteiger charge is 2.34. The standard InChI is InChI=1S/C25H21ClFN3O2/c1-32-19-9-7-18(8-10-19)28-25(31)30-13-12-20-21-14-16(26)4-11-22(21)29-23(20)24(30)15-2-5-17(27)6-3-15/h2-11,14,24,29H,12-13H2,1H3,(H,28,31)/t24-/m1/s1. The second kappa shape index (κ2) is 8.20. The molecule has 0 saturated heterocycles. The van der Waals surface area contributed by atoms with Crippen LogP contribution in [0.1, 0.15) is 22.9 Å². The maximum atomic E-state index is 13.6. The van der Waals surface area contributed by atoms with Crippen molar-refractivity contribution in [3.8, 4) is 5.75 Å². The van der Waals surface area contributed by atoms with Crippen LogP contribution >= 0.6 is 11.6 Å². The molecule has 0 unspecified atom stereocenters. The van der Waals surface area contributed by atoms with Gasteiger partial charge in [0, 0.05) is 33.9 Å². The van der Waals surface area contributed by atoms with Gasteiger partial charge in [-0.1, -0.05) is 23.7 Å². The number of carbonyl (C=O) groups is 1. The molecular formula is C25H21ClFN3O2. The largest absolute Gasteiger partial charge is 0.497 e. The molecule has 2 heterocycles. The van der Waals surface area contributed by atoms with E-state index in [4.69, 9.17) is 16.3 Å². The van der Waals surface area contributed by atoms with E-state index in [0.29, 0.717) is 29.4 Å². The number of hydrogen-bond acceptors (Lipinski definition) is 2. The molecule has 3 aromatic carbocycles. The first-order chi connectivity index (χ1) is 15.5. The Balaban J connectivity index is 1.55. The van der Waals surface area contributed by atoms with Crippen LogP contribution in [0.15, 0.2) is 66.7 Å². The van der Waals surface area contributed by atoms with Crippen LogP contribution in [0.3, 0.4) is 0 Å². The molecule has 4 aromatic rings. The van der Waals surface area contributed by atoms with Crippen LogP contribution in [0.5, 0.6) is 5.75 Å². The highest BCUT2D eigenvalue weighted by Crippen LogP contribution is 2.39. The average Bonchev–Trinajstić information content (AvgIpc) is 3.17. The van der Waals surface area contributed by atoms with Crippen LogP contribution in [0, 0.1) is 5.82 Å². The Morgan fingerprint density at radius 3 is 2.59 bits per heavy atom. The molecule has 32 heavy (non-hydrogen) atoms. The first-order valence-electron chi connectivity index (χ1n) is 10.3. The Bertz CT molecular complexity index is 1290. The molecule has 1 aromatic heterocycles. The molecule has 5 rings (SSSR count). The Morgan fingerprint density at radius 1 is 1.12 bits per heavy atom. The summed E-state index contributed by atoms with van der Waals surface area (Å²) in [6.45, 7) is 0.510. The predicted molar refractivity (Wildman–Crippen MR) is 124 cm³/mol. The van der Waals surface area contributed by atoms with E-state index in [1.165, 1.54) is 12.1 Å². The molecule has 7 heteroatoms. The van der Waals surface area contributed by atoms with Crippen molar-refractivity contribution in [2.24, 2.45) is 0 Å². The lowest BCUT2D eigenvalue weighted by molar-refractivity contribution is 0.193. The van der Waals surface area contributed by atoms with Crippen LogP contribution < -0.4 is 10.1 Å². The molecule has 0 aliphatic carbocycles. The number of anilines is 1. The summed E-state index contributed by atoms with van der Waals surface area (Å²) in [6, 6.07) is 18.6. The molecule has 5 nitrogen and oxygen atoms in total. The second-order valence-electron chi connectivity index (χ2n) is 7.76. The topological polar surface area (TPSA) is 57.4 Å². The smallest absolute Gasteiger partial charge is 0.322 e. The number of halogens is 2. The zero-order valence-electron chi connectivity index (χ0n) is 17.4. The van der Waals surface area contributed by atoms with Gasteiger partial charge in [-0.3, -0.25) is 0 Å². The van der Waals surface area contributed by atoms with Gasteiger partial charge in [0.1, 0.15) is 11.6 Å². The number of nitrogens with zero attached hydrogens (tertiary/aromatic N) is 1. The van der Waals surface area contributed by atoms with Gasteiger partial charge in [0.25, 0.3) is 0 Å².